The van der Waals surface area contributed by atoms with Crippen molar-refractivity contribution in [3.05, 3.63) is 167 Å². The molecule has 6 rings (SSSR count). The monoisotopic (exact) mass is 813 g/mol. The number of fused-ring (bicyclic) bond motifs is 3. The summed E-state index contributed by atoms with van der Waals surface area (Å²) in [5.74, 6) is -1.55. The van der Waals surface area contributed by atoms with Crippen LogP contribution in [0.3, 0.4) is 0 Å². The van der Waals surface area contributed by atoms with Gasteiger partial charge in [0.15, 0.2) is 0 Å². The SMILES string of the molecule is CC(C)(C)OC(=O)NC(CSC(c1ccccc1)(c1ccccc1)c1ccccc1)C(=O)NCCCCC(NC(=O)OCC1c2ccccc2-c2ccccc21)C(=O)O. The van der Waals surface area contributed by atoms with Gasteiger partial charge in [0.1, 0.15) is 24.3 Å². The predicted molar refractivity (Wildman–Crippen MR) is 231 cm³/mol. The fraction of sp³-hybridized carbons (Fsp3) is 0.292. The number of nitrogens with one attached hydrogen (secondary N) is 3. The minimum absolute atomic E-state index is 0.0676. The Morgan fingerprint density at radius 2 is 1.12 bits per heavy atom. The zero-order chi connectivity index (χ0) is 41.8. The number of hydrogen-bond acceptors (Lipinski definition) is 7. The van der Waals surface area contributed by atoms with Crippen LogP contribution in [0.1, 0.15) is 73.8 Å². The van der Waals surface area contributed by atoms with Gasteiger partial charge in [-0.3, -0.25) is 4.79 Å². The van der Waals surface area contributed by atoms with Crippen molar-refractivity contribution < 1.29 is 33.8 Å². The molecule has 4 N–H and O–H groups in total. The number of aliphatic carboxylic acids is 1. The number of amides is 3. The first kappa shape index (κ1) is 42.5. The zero-order valence-corrected chi connectivity index (χ0v) is 34.4. The summed E-state index contributed by atoms with van der Waals surface area (Å²) in [5.41, 5.74) is 6.56. The fourth-order valence-electron chi connectivity index (χ4n) is 7.46. The highest BCUT2D eigenvalue weighted by atomic mass is 32.2. The van der Waals surface area contributed by atoms with E-state index in [1.165, 1.54) is 11.8 Å². The van der Waals surface area contributed by atoms with E-state index in [2.05, 4.69) is 52.3 Å². The number of unbranched alkanes of at least 4 members (excludes halogenated alkanes) is 1. The number of carbonyl (C=O) groups is 4. The highest BCUT2D eigenvalue weighted by Crippen LogP contribution is 2.49. The van der Waals surface area contributed by atoms with Crippen LogP contribution < -0.4 is 16.0 Å². The van der Waals surface area contributed by atoms with Crippen LogP contribution in [-0.2, 0) is 23.8 Å². The molecule has 0 aromatic heterocycles. The molecule has 0 saturated heterocycles. The van der Waals surface area contributed by atoms with Gasteiger partial charge in [0.05, 0.1) is 4.75 Å². The molecular formula is C48H51N3O7S. The van der Waals surface area contributed by atoms with Crippen LogP contribution in [0.5, 0.6) is 0 Å². The normalized spacial score (nSPS) is 13.3. The van der Waals surface area contributed by atoms with E-state index in [-0.39, 0.29) is 31.2 Å². The Morgan fingerprint density at radius 1 is 0.644 bits per heavy atom. The predicted octanol–water partition coefficient (Wildman–Crippen LogP) is 8.88. The average molecular weight is 814 g/mol. The third-order valence-electron chi connectivity index (χ3n) is 10.2. The third kappa shape index (κ3) is 10.7. The molecule has 0 radical (unpaired) electrons. The third-order valence-corrected chi connectivity index (χ3v) is 11.8. The van der Waals surface area contributed by atoms with E-state index >= 15 is 0 Å². The molecule has 2 unspecified atom stereocenters. The summed E-state index contributed by atoms with van der Waals surface area (Å²) < 4.78 is 10.4. The second-order valence-corrected chi connectivity index (χ2v) is 16.7. The Bertz CT molecular complexity index is 2050. The van der Waals surface area contributed by atoms with Crippen molar-refractivity contribution in [1.29, 1.82) is 0 Å². The molecule has 5 aromatic rings. The van der Waals surface area contributed by atoms with Crippen molar-refractivity contribution >= 4 is 35.8 Å². The zero-order valence-electron chi connectivity index (χ0n) is 33.6. The van der Waals surface area contributed by atoms with Gasteiger partial charge in [-0.15, -0.1) is 11.8 Å². The summed E-state index contributed by atoms with van der Waals surface area (Å²) in [4.78, 5) is 52.0. The number of ether oxygens (including phenoxy) is 2. The maximum atomic E-state index is 13.9. The Labute approximate surface area is 350 Å². The van der Waals surface area contributed by atoms with E-state index in [9.17, 15) is 24.3 Å². The summed E-state index contributed by atoms with van der Waals surface area (Å²) in [5, 5.41) is 18.2. The van der Waals surface area contributed by atoms with Gasteiger partial charge in [0.2, 0.25) is 5.91 Å². The highest BCUT2D eigenvalue weighted by molar-refractivity contribution is 8.00. The molecule has 5 aromatic carbocycles. The first-order valence-corrected chi connectivity index (χ1v) is 20.9. The first-order valence-electron chi connectivity index (χ1n) is 19.9. The molecule has 10 nitrogen and oxygen atoms in total. The van der Waals surface area contributed by atoms with Crippen molar-refractivity contribution in [2.24, 2.45) is 0 Å². The number of hydrogen-bond donors (Lipinski definition) is 4. The molecular weight excluding hydrogens is 763 g/mol. The molecule has 11 heteroatoms. The van der Waals surface area contributed by atoms with Crippen molar-refractivity contribution in [1.82, 2.24) is 16.0 Å². The maximum Gasteiger partial charge on any atom is 0.408 e. The van der Waals surface area contributed by atoms with Crippen LogP contribution in [0.25, 0.3) is 11.1 Å². The van der Waals surface area contributed by atoms with Crippen LogP contribution in [0.4, 0.5) is 9.59 Å². The van der Waals surface area contributed by atoms with E-state index in [1.54, 1.807) is 20.8 Å². The maximum absolute atomic E-state index is 13.9. The molecule has 2 atom stereocenters. The van der Waals surface area contributed by atoms with Gasteiger partial charge < -0.3 is 30.5 Å². The van der Waals surface area contributed by atoms with E-state index in [0.29, 0.717) is 12.8 Å². The Kier molecular flexibility index (Phi) is 14.1. The summed E-state index contributed by atoms with van der Waals surface area (Å²) in [6.45, 7) is 5.56. The number of rotatable bonds is 17. The number of alkyl carbamates (subject to hydrolysis) is 2. The molecule has 0 heterocycles. The highest BCUT2D eigenvalue weighted by Gasteiger charge is 2.39. The van der Waals surface area contributed by atoms with E-state index in [1.807, 2.05) is 103 Å². The molecule has 0 aliphatic heterocycles. The number of carboxylic acids is 1. The van der Waals surface area contributed by atoms with Crippen LogP contribution in [0.15, 0.2) is 140 Å². The molecule has 0 bridgehead atoms. The molecule has 0 saturated carbocycles. The number of benzene rings is 5. The molecule has 3 amide bonds. The Balaban J connectivity index is 1.08. The van der Waals surface area contributed by atoms with E-state index in [0.717, 1.165) is 38.9 Å². The number of thioether (sulfide) groups is 1. The Hall–Kier alpha value is -6.07. The van der Waals surface area contributed by atoms with Crippen molar-refractivity contribution in [3.8, 4) is 11.1 Å². The summed E-state index contributed by atoms with van der Waals surface area (Å²) in [6, 6.07) is 44.0. The molecule has 1 aliphatic carbocycles. The molecule has 0 spiro atoms. The first-order chi connectivity index (χ1) is 28.5. The fourth-order valence-corrected chi connectivity index (χ4v) is 9.02. The van der Waals surface area contributed by atoms with Gasteiger partial charge in [-0.05, 0) is 79.0 Å². The number of carboxylic acid groups (broad SMARTS) is 1. The lowest BCUT2D eigenvalue weighted by molar-refractivity contribution is -0.139. The van der Waals surface area contributed by atoms with Gasteiger partial charge in [-0.25, -0.2) is 14.4 Å². The largest absolute Gasteiger partial charge is 0.480 e. The quantitative estimate of drug-likeness (QED) is 0.0539. The summed E-state index contributed by atoms with van der Waals surface area (Å²) in [6.07, 6.45) is -0.585. The minimum Gasteiger partial charge on any atom is -0.480 e. The van der Waals surface area contributed by atoms with Crippen LogP contribution in [0.2, 0.25) is 0 Å². The van der Waals surface area contributed by atoms with Crippen molar-refractivity contribution in [3.63, 3.8) is 0 Å². The number of carbonyl (C=O) groups excluding carboxylic acids is 3. The topological polar surface area (TPSA) is 143 Å². The van der Waals surface area contributed by atoms with E-state index < -0.39 is 46.5 Å². The van der Waals surface area contributed by atoms with Crippen LogP contribution >= 0.6 is 11.8 Å². The molecule has 59 heavy (non-hydrogen) atoms. The summed E-state index contributed by atoms with van der Waals surface area (Å²) >= 11 is 1.54. The lowest BCUT2D eigenvalue weighted by atomic mass is 9.84. The second kappa shape index (κ2) is 19.6. The van der Waals surface area contributed by atoms with Gasteiger partial charge in [0, 0.05) is 18.2 Å². The summed E-state index contributed by atoms with van der Waals surface area (Å²) in [7, 11) is 0. The average Bonchev–Trinajstić information content (AvgIpc) is 3.56. The minimum atomic E-state index is -1.18. The lowest BCUT2D eigenvalue weighted by Crippen LogP contribution is -2.50. The molecule has 306 valence electrons. The van der Waals surface area contributed by atoms with Gasteiger partial charge in [-0.1, -0.05) is 140 Å². The van der Waals surface area contributed by atoms with Gasteiger partial charge >= 0.3 is 18.2 Å². The van der Waals surface area contributed by atoms with Gasteiger partial charge in [0.25, 0.3) is 0 Å². The second-order valence-electron chi connectivity index (χ2n) is 15.4. The molecule has 0 fully saturated rings. The van der Waals surface area contributed by atoms with Crippen molar-refractivity contribution in [2.45, 2.75) is 68.4 Å². The van der Waals surface area contributed by atoms with Crippen LogP contribution in [-0.4, -0.2) is 65.8 Å². The lowest BCUT2D eigenvalue weighted by Gasteiger charge is -2.36. The molecule has 1 aliphatic rings. The standard InChI is InChI=1S/C48H51N3O7S/c1-47(2,3)58-46(56)51-42(32-59-48(33-19-7-4-8-20-33,34-21-9-5-10-22-34)35-23-11-6-12-24-35)43(52)49-30-18-17-29-41(44(53)54)50-45(55)57-31-40-38-27-15-13-25-36(38)37-26-14-16-28-39(37)40/h4-16,19-28,40-42H,17-18,29-32H2,1-3H3,(H,49,52)(H,50,55)(H,51,56)(H,53,54). The van der Waals surface area contributed by atoms with Crippen molar-refractivity contribution in [2.75, 3.05) is 18.9 Å². The van der Waals surface area contributed by atoms with E-state index in [4.69, 9.17) is 9.47 Å². The smallest absolute Gasteiger partial charge is 0.408 e. The van der Waals surface area contributed by atoms with Gasteiger partial charge in [-0.2, -0.15) is 0 Å². The Morgan fingerprint density at radius 3 is 1.61 bits per heavy atom. The van der Waals surface area contributed by atoms with Crippen LogP contribution in [0, 0.1) is 0 Å².